The largest absolute Gasteiger partial charge is 0.480 e. The Morgan fingerprint density at radius 2 is 2.11 bits per heavy atom. The molecule has 8 heteroatoms. The molecule has 1 aliphatic rings. The van der Waals surface area contributed by atoms with Crippen LogP contribution in [-0.4, -0.2) is 35.3 Å². The van der Waals surface area contributed by atoms with Gasteiger partial charge in [0.05, 0.1) is 18.4 Å². The van der Waals surface area contributed by atoms with Gasteiger partial charge in [-0.25, -0.2) is 4.84 Å². The molecule has 0 aromatic rings. The second kappa shape index (κ2) is 6.07. The Labute approximate surface area is 113 Å². The molecule has 0 fully saturated rings. The zero-order chi connectivity index (χ0) is 14.6. The van der Waals surface area contributed by atoms with Crippen molar-refractivity contribution in [2.45, 2.75) is 26.4 Å². The minimum atomic E-state index is -1.44. The molecule has 1 N–H and O–H groups in total. The van der Waals surface area contributed by atoms with Crippen LogP contribution in [0.5, 0.6) is 0 Å². The minimum absolute atomic E-state index is 0.117. The molecule has 0 amide bonds. The van der Waals surface area contributed by atoms with E-state index >= 15 is 0 Å². The fourth-order valence-corrected chi connectivity index (χ4v) is 2.27. The van der Waals surface area contributed by atoms with E-state index in [1.165, 1.54) is 18.1 Å². The third-order valence-corrected chi connectivity index (χ3v) is 3.02. The monoisotopic (exact) mass is 288 g/mol. The normalized spacial score (nSPS) is 20.2. The van der Waals surface area contributed by atoms with Crippen molar-refractivity contribution in [3.05, 3.63) is 11.1 Å². The number of rotatable bonds is 4. The summed E-state index contributed by atoms with van der Waals surface area (Å²) in [5, 5.41) is 10.6. The molecule has 0 radical (unpaired) electrons. The first kappa shape index (κ1) is 15.5. The van der Waals surface area contributed by atoms with Crippen LogP contribution in [0.1, 0.15) is 20.8 Å². The van der Waals surface area contributed by atoms with E-state index in [-0.39, 0.29) is 5.70 Å². The van der Waals surface area contributed by atoms with Crippen LogP contribution in [0, 0.1) is 5.92 Å². The topological polar surface area (TPSA) is 97.5 Å². The molecular formula is C11H16N2O5S. The summed E-state index contributed by atoms with van der Waals surface area (Å²) in [6, 6.07) is 0. The van der Waals surface area contributed by atoms with E-state index in [0.29, 0.717) is 0 Å². The summed E-state index contributed by atoms with van der Waals surface area (Å²) < 4.78 is 8.78. The number of carboxylic acid groups (broad SMARTS) is 1. The van der Waals surface area contributed by atoms with Gasteiger partial charge in [-0.15, -0.1) is 4.53 Å². The second-order valence-corrected chi connectivity index (χ2v) is 5.98. The predicted octanol–water partition coefficient (Wildman–Crippen LogP) is 1.28. The molecule has 0 saturated heterocycles. The summed E-state index contributed by atoms with van der Waals surface area (Å²) in [6.07, 6.45) is 0. The molecule has 1 aliphatic heterocycles. The van der Waals surface area contributed by atoms with Crippen molar-refractivity contribution in [3.8, 4) is 0 Å². The summed E-state index contributed by atoms with van der Waals surface area (Å²) in [6.45, 7) is 5.00. The van der Waals surface area contributed by atoms with Crippen molar-refractivity contribution in [1.29, 1.82) is 0 Å². The van der Waals surface area contributed by atoms with E-state index in [9.17, 15) is 9.59 Å². The van der Waals surface area contributed by atoms with Crippen molar-refractivity contribution in [2.24, 2.45) is 15.4 Å². The lowest BCUT2D eigenvalue weighted by molar-refractivity contribution is -0.164. The summed E-state index contributed by atoms with van der Waals surface area (Å²) >= 11 is 0. The van der Waals surface area contributed by atoms with Crippen LogP contribution in [0.15, 0.2) is 20.6 Å². The number of aliphatic imine (C=N–C) groups is 1. The third-order valence-electron chi connectivity index (χ3n) is 1.90. The fourth-order valence-electron chi connectivity index (χ4n) is 1.28. The lowest BCUT2D eigenvalue weighted by Crippen LogP contribution is -2.33. The fraction of sp³-hybridized carbons (Fsp3) is 0.545. The smallest absolute Gasteiger partial charge is 0.327 e. The molecular weight excluding hydrogens is 272 g/mol. The van der Waals surface area contributed by atoms with Gasteiger partial charge in [-0.1, -0.05) is 0 Å². The Hall–Kier alpha value is -1.54. The van der Waals surface area contributed by atoms with E-state index < -0.39 is 34.1 Å². The highest BCUT2D eigenvalue weighted by Crippen LogP contribution is 2.22. The van der Waals surface area contributed by atoms with Gasteiger partial charge in [-0.2, -0.15) is 0 Å². The number of carbonyl (C=O) groups excluding carboxylic acids is 1. The molecule has 0 aromatic heterocycles. The van der Waals surface area contributed by atoms with Crippen LogP contribution < -0.4 is 0 Å². The summed E-state index contributed by atoms with van der Waals surface area (Å²) in [4.78, 5) is 31.6. The average molecular weight is 288 g/mol. The maximum Gasteiger partial charge on any atom is 0.327 e. The van der Waals surface area contributed by atoms with Crippen molar-refractivity contribution in [2.75, 3.05) is 7.11 Å². The molecule has 1 rings (SSSR count). The number of aliphatic carboxylic acids is 1. The van der Waals surface area contributed by atoms with Gasteiger partial charge in [0.1, 0.15) is 5.60 Å². The number of nitrogens with zero attached hydrogens (tertiary/aromatic N) is 2. The number of esters is 1. The molecule has 106 valence electrons. The van der Waals surface area contributed by atoms with Crippen LogP contribution in [0.2, 0.25) is 0 Å². The standard InChI is InChI=1S/C11H16N2O5S/c1-11(2,3)18-10(16)8(9(14)15)7-5-19(6-12-7)13-17-4/h5-6,8H,1-4H3,(H,14,15). The lowest BCUT2D eigenvalue weighted by Gasteiger charge is -2.21. The van der Waals surface area contributed by atoms with Gasteiger partial charge in [0.25, 0.3) is 0 Å². The number of ether oxygens (including phenoxy) is 1. The van der Waals surface area contributed by atoms with Crippen LogP contribution in [-0.2, 0) is 29.9 Å². The van der Waals surface area contributed by atoms with E-state index in [0.717, 1.165) is 0 Å². The molecule has 0 aliphatic carbocycles. The Kier molecular flexibility index (Phi) is 4.96. The second-order valence-electron chi connectivity index (χ2n) is 4.69. The Morgan fingerprint density at radius 1 is 1.47 bits per heavy atom. The Bertz CT molecular complexity index is 476. The number of hydrogen-bond donors (Lipinski definition) is 1. The van der Waals surface area contributed by atoms with Gasteiger partial charge in [-0.05, 0) is 20.8 Å². The minimum Gasteiger partial charge on any atom is -0.480 e. The first-order valence-corrected chi connectivity index (χ1v) is 6.73. The van der Waals surface area contributed by atoms with Crippen LogP contribution in [0.4, 0.5) is 0 Å². The Morgan fingerprint density at radius 3 is 2.58 bits per heavy atom. The van der Waals surface area contributed by atoms with Gasteiger partial charge in [0.15, 0.2) is 5.92 Å². The maximum atomic E-state index is 11.9. The molecule has 0 saturated carbocycles. The molecule has 0 aromatic carbocycles. The van der Waals surface area contributed by atoms with Crippen LogP contribution in [0.3, 0.4) is 0 Å². The zero-order valence-electron chi connectivity index (χ0n) is 11.1. The third kappa shape index (κ3) is 4.56. The highest BCUT2D eigenvalue weighted by Gasteiger charge is 2.35. The van der Waals surface area contributed by atoms with Gasteiger partial charge in [0.2, 0.25) is 0 Å². The highest BCUT2D eigenvalue weighted by atomic mass is 32.2. The quantitative estimate of drug-likeness (QED) is 0.477. The summed E-state index contributed by atoms with van der Waals surface area (Å²) in [5.74, 6) is -3.59. The van der Waals surface area contributed by atoms with Gasteiger partial charge < -0.3 is 9.84 Å². The lowest BCUT2D eigenvalue weighted by atomic mass is 10.1. The van der Waals surface area contributed by atoms with Crippen molar-refractivity contribution >= 4 is 28.2 Å². The first-order chi connectivity index (χ1) is 8.74. The van der Waals surface area contributed by atoms with E-state index in [4.69, 9.17) is 9.84 Å². The van der Waals surface area contributed by atoms with E-state index in [1.54, 1.807) is 20.8 Å². The summed E-state index contributed by atoms with van der Waals surface area (Å²) in [5.41, 5.74) is 0.789. The number of carbonyl (C=O) groups is 2. The first-order valence-electron chi connectivity index (χ1n) is 5.42. The van der Waals surface area contributed by atoms with Crippen molar-refractivity contribution < 1.29 is 24.3 Å². The van der Waals surface area contributed by atoms with Gasteiger partial charge >= 0.3 is 11.9 Å². The van der Waals surface area contributed by atoms with Crippen LogP contribution in [0.25, 0.3) is 0 Å². The van der Waals surface area contributed by atoms with Gasteiger partial charge in [0, 0.05) is 16.1 Å². The van der Waals surface area contributed by atoms with Crippen molar-refractivity contribution in [1.82, 2.24) is 0 Å². The zero-order valence-corrected chi connectivity index (χ0v) is 11.9. The predicted molar refractivity (Wildman–Crippen MR) is 70.3 cm³/mol. The Balaban J connectivity index is 2.95. The summed E-state index contributed by atoms with van der Waals surface area (Å²) in [7, 11) is 0.628. The average Bonchev–Trinajstić information content (AvgIpc) is 2.63. The molecule has 19 heavy (non-hydrogen) atoms. The van der Waals surface area contributed by atoms with E-state index in [2.05, 4.69) is 14.4 Å². The number of hydrogen-bond acceptors (Lipinski definition) is 6. The molecule has 0 bridgehead atoms. The number of carboxylic acids is 1. The van der Waals surface area contributed by atoms with Gasteiger partial charge in [-0.3, -0.25) is 14.6 Å². The molecule has 2 atom stereocenters. The molecule has 1 heterocycles. The van der Waals surface area contributed by atoms with E-state index in [1.807, 2.05) is 0 Å². The SMILES string of the molecule is CON=S1C=NC(C(C(=O)O)C(=O)OC(C)(C)C)=C1. The maximum absolute atomic E-state index is 11.9. The molecule has 0 spiro atoms. The molecule has 7 nitrogen and oxygen atoms in total. The van der Waals surface area contributed by atoms with Crippen molar-refractivity contribution in [3.63, 3.8) is 0 Å². The molecule has 2 unspecified atom stereocenters. The van der Waals surface area contributed by atoms with Crippen LogP contribution >= 0.6 is 0 Å². The highest BCUT2D eigenvalue weighted by molar-refractivity contribution is 8.03.